The SMILES string of the molecule is O=C(O)c1ccc(OC(F)F)nc1. The minimum Gasteiger partial charge on any atom is -0.478 e. The predicted octanol–water partition coefficient (Wildman–Crippen LogP) is 1.38. The fraction of sp³-hybridized carbons (Fsp3) is 0.143. The number of halogens is 2. The molecule has 0 aromatic carbocycles. The van der Waals surface area contributed by atoms with E-state index < -0.39 is 12.6 Å². The lowest BCUT2D eigenvalue weighted by molar-refractivity contribution is -0.0528. The molecule has 0 fully saturated rings. The van der Waals surface area contributed by atoms with Crippen molar-refractivity contribution < 1.29 is 23.4 Å². The van der Waals surface area contributed by atoms with Gasteiger partial charge < -0.3 is 9.84 Å². The average molecular weight is 189 g/mol. The molecule has 1 aromatic rings. The van der Waals surface area contributed by atoms with Gasteiger partial charge in [0.1, 0.15) is 0 Å². The van der Waals surface area contributed by atoms with Gasteiger partial charge in [0.25, 0.3) is 0 Å². The third-order valence-electron chi connectivity index (χ3n) is 1.19. The number of hydrogen-bond acceptors (Lipinski definition) is 3. The Kier molecular flexibility index (Phi) is 2.73. The molecule has 0 aliphatic rings. The maximum atomic E-state index is 11.6. The van der Waals surface area contributed by atoms with Crippen LogP contribution in [0.2, 0.25) is 0 Å². The lowest BCUT2D eigenvalue weighted by Gasteiger charge is -2.01. The number of pyridine rings is 1. The van der Waals surface area contributed by atoms with E-state index in [1.807, 2.05) is 0 Å². The minimum atomic E-state index is -2.96. The van der Waals surface area contributed by atoms with Gasteiger partial charge >= 0.3 is 12.6 Å². The van der Waals surface area contributed by atoms with E-state index in [1.54, 1.807) is 0 Å². The summed E-state index contributed by atoms with van der Waals surface area (Å²) in [6, 6.07) is 2.20. The van der Waals surface area contributed by atoms with E-state index in [4.69, 9.17) is 5.11 Å². The van der Waals surface area contributed by atoms with Gasteiger partial charge in [0, 0.05) is 12.3 Å². The zero-order valence-corrected chi connectivity index (χ0v) is 6.28. The molecule has 6 heteroatoms. The molecule has 0 saturated heterocycles. The molecule has 0 atom stereocenters. The number of rotatable bonds is 3. The number of aromatic nitrogens is 1. The van der Waals surface area contributed by atoms with Crippen LogP contribution in [0, 0.1) is 0 Å². The number of hydrogen-bond donors (Lipinski definition) is 1. The summed E-state index contributed by atoms with van der Waals surface area (Å²) in [4.78, 5) is 13.7. The normalized spacial score (nSPS) is 10.1. The van der Waals surface area contributed by atoms with Crippen molar-refractivity contribution in [2.45, 2.75) is 6.61 Å². The number of alkyl halides is 2. The molecule has 1 N–H and O–H groups in total. The topological polar surface area (TPSA) is 59.4 Å². The van der Waals surface area contributed by atoms with Crippen molar-refractivity contribution in [3.63, 3.8) is 0 Å². The Morgan fingerprint density at radius 3 is 2.62 bits per heavy atom. The number of aromatic carboxylic acids is 1. The van der Waals surface area contributed by atoms with Gasteiger partial charge in [-0.1, -0.05) is 0 Å². The Morgan fingerprint density at radius 2 is 2.23 bits per heavy atom. The molecule has 4 nitrogen and oxygen atoms in total. The van der Waals surface area contributed by atoms with Crippen molar-refractivity contribution in [2.24, 2.45) is 0 Å². The van der Waals surface area contributed by atoms with Gasteiger partial charge in [-0.2, -0.15) is 8.78 Å². The molecule has 1 aromatic heterocycles. The van der Waals surface area contributed by atoms with E-state index in [2.05, 4.69) is 9.72 Å². The van der Waals surface area contributed by atoms with Crippen LogP contribution in [-0.2, 0) is 0 Å². The molecule has 0 spiro atoms. The first kappa shape index (κ1) is 9.37. The minimum absolute atomic E-state index is 0.0818. The lowest BCUT2D eigenvalue weighted by atomic mass is 10.3. The van der Waals surface area contributed by atoms with Gasteiger partial charge in [0.05, 0.1) is 5.56 Å². The van der Waals surface area contributed by atoms with E-state index in [0.717, 1.165) is 18.3 Å². The first-order chi connectivity index (χ1) is 6.09. The van der Waals surface area contributed by atoms with Gasteiger partial charge in [0.15, 0.2) is 0 Å². The van der Waals surface area contributed by atoms with Crippen molar-refractivity contribution in [1.82, 2.24) is 4.98 Å². The van der Waals surface area contributed by atoms with E-state index >= 15 is 0 Å². The summed E-state index contributed by atoms with van der Waals surface area (Å²) in [5.74, 6) is -1.48. The van der Waals surface area contributed by atoms with Crippen LogP contribution < -0.4 is 4.74 Å². The molecule has 13 heavy (non-hydrogen) atoms. The van der Waals surface area contributed by atoms with Crippen molar-refractivity contribution in [2.75, 3.05) is 0 Å². The maximum absolute atomic E-state index is 11.6. The van der Waals surface area contributed by atoms with Gasteiger partial charge in [-0.3, -0.25) is 0 Å². The maximum Gasteiger partial charge on any atom is 0.388 e. The Balaban J connectivity index is 2.75. The first-order valence-electron chi connectivity index (χ1n) is 3.24. The Bertz CT molecular complexity index is 299. The van der Waals surface area contributed by atoms with Gasteiger partial charge in [-0.15, -0.1) is 0 Å². The standard InChI is InChI=1S/C7H5F2NO3/c8-7(9)13-5-2-1-4(3-10-5)6(11)12/h1-3,7H,(H,11,12). The second-order valence-electron chi connectivity index (χ2n) is 2.07. The Morgan fingerprint density at radius 1 is 1.54 bits per heavy atom. The Labute approximate surface area is 71.8 Å². The predicted molar refractivity (Wildman–Crippen MR) is 37.8 cm³/mol. The Hall–Kier alpha value is -1.72. The number of carboxylic acid groups (broad SMARTS) is 1. The van der Waals surface area contributed by atoms with Crippen LogP contribution in [0.1, 0.15) is 10.4 Å². The number of carbonyl (C=O) groups is 1. The van der Waals surface area contributed by atoms with E-state index in [0.29, 0.717) is 0 Å². The number of carboxylic acids is 1. The zero-order valence-electron chi connectivity index (χ0n) is 6.28. The summed E-state index contributed by atoms with van der Waals surface area (Å²) in [6.07, 6.45) is 0.944. The molecule has 0 aliphatic heterocycles. The first-order valence-corrected chi connectivity index (χ1v) is 3.24. The van der Waals surface area contributed by atoms with Crippen LogP contribution in [0.5, 0.6) is 5.88 Å². The van der Waals surface area contributed by atoms with Crippen molar-refractivity contribution in [3.8, 4) is 5.88 Å². The fourth-order valence-electron chi connectivity index (χ4n) is 0.668. The summed E-state index contributed by atoms with van der Waals surface area (Å²) in [6.45, 7) is -2.96. The molecule has 0 bridgehead atoms. The highest BCUT2D eigenvalue weighted by atomic mass is 19.3. The molecule has 0 radical (unpaired) electrons. The van der Waals surface area contributed by atoms with E-state index in [9.17, 15) is 13.6 Å². The van der Waals surface area contributed by atoms with Crippen LogP contribution in [0.3, 0.4) is 0 Å². The van der Waals surface area contributed by atoms with Crippen molar-refractivity contribution >= 4 is 5.97 Å². The highest BCUT2D eigenvalue weighted by Gasteiger charge is 2.07. The quantitative estimate of drug-likeness (QED) is 0.780. The van der Waals surface area contributed by atoms with Crippen molar-refractivity contribution in [1.29, 1.82) is 0 Å². The molecule has 0 saturated carbocycles. The number of ether oxygens (including phenoxy) is 1. The highest BCUT2D eigenvalue weighted by molar-refractivity contribution is 5.87. The smallest absolute Gasteiger partial charge is 0.388 e. The van der Waals surface area contributed by atoms with Crippen molar-refractivity contribution in [3.05, 3.63) is 23.9 Å². The summed E-state index contributed by atoms with van der Waals surface area (Å²) >= 11 is 0. The van der Waals surface area contributed by atoms with E-state index in [1.165, 1.54) is 0 Å². The van der Waals surface area contributed by atoms with Crippen LogP contribution in [0.15, 0.2) is 18.3 Å². The van der Waals surface area contributed by atoms with Gasteiger partial charge in [0.2, 0.25) is 5.88 Å². The zero-order chi connectivity index (χ0) is 9.84. The third kappa shape index (κ3) is 2.66. The molecule has 1 heterocycles. The largest absolute Gasteiger partial charge is 0.478 e. The lowest BCUT2D eigenvalue weighted by Crippen LogP contribution is -2.04. The monoisotopic (exact) mass is 189 g/mol. The van der Waals surface area contributed by atoms with Gasteiger partial charge in [-0.25, -0.2) is 9.78 Å². The second-order valence-corrected chi connectivity index (χ2v) is 2.07. The summed E-state index contributed by atoms with van der Waals surface area (Å²) in [5.41, 5.74) is -0.0818. The third-order valence-corrected chi connectivity index (χ3v) is 1.19. The van der Waals surface area contributed by atoms with Gasteiger partial charge in [-0.05, 0) is 6.07 Å². The van der Waals surface area contributed by atoms with Crippen LogP contribution in [0.25, 0.3) is 0 Å². The molecule has 1 rings (SSSR count). The molecule has 0 aliphatic carbocycles. The van der Waals surface area contributed by atoms with Crippen LogP contribution in [0.4, 0.5) is 8.78 Å². The summed E-state index contributed by atoms with van der Waals surface area (Å²) in [5, 5.41) is 8.43. The van der Waals surface area contributed by atoms with E-state index in [-0.39, 0.29) is 11.4 Å². The summed E-state index contributed by atoms with van der Waals surface area (Å²) in [7, 11) is 0. The van der Waals surface area contributed by atoms with Crippen LogP contribution >= 0.6 is 0 Å². The molecular formula is C7H5F2NO3. The summed E-state index contributed by atoms with van der Waals surface area (Å²) < 4.78 is 27.1. The van der Waals surface area contributed by atoms with Crippen LogP contribution in [-0.4, -0.2) is 22.7 Å². The molecule has 0 amide bonds. The molecule has 70 valence electrons. The number of nitrogens with zero attached hydrogens (tertiary/aromatic N) is 1. The second kappa shape index (κ2) is 3.79. The molecular weight excluding hydrogens is 184 g/mol. The fourth-order valence-corrected chi connectivity index (χ4v) is 0.668. The molecule has 0 unspecified atom stereocenters. The highest BCUT2D eigenvalue weighted by Crippen LogP contribution is 2.10. The average Bonchev–Trinajstić information content (AvgIpc) is 2.04.